The Morgan fingerprint density at radius 1 is 0.591 bits per heavy atom. The second-order valence-electron chi connectivity index (χ2n) is 5.61. The molecule has 0 bridgehead atoms. The van der Waals surface area contributed by atoms with Crippen LogP contribution in [0.3, 0.4) is 0 Å². The molecule has 0 heteroatoms. The normalized spacial score (nSPS) is 11.7. The largest absolute Gasteiger partial charge is 0.0871 e. The maximum atomic E-state index is 2.24. The molecular formula is C22H20. The monoisotopic (exact) mass is 284 g/mol. The molecule has 0 aliphatic rings. The Morgan fingerprint density at radius 3 is 1.68 bits per heavy atom. The Bertz CT molecular complexity index is 834. The van der Waals surface area contributed by atoms with Gasteiger partial charge in [0, 0.05) is 0 Å². The van der Waals surface area contributed by atoms with Gasteiger partial charge in [0.2, 0.25) is 0 Å². The van der Waals surface area contributed by atoms with Gasteiger partial charge in [0.15, 0.2) is 0 Å². The van der Waals surface area contributed by atoms with Crippen molar-refractivity contribution in [3.05, 3.63) is 89.0 Å². The Labute approximate surface area is 132 Å². The highest BCUT2D eigenvalue weighted by atomic mass is 14.0. The molecule has 0 heterocycles. The van der Waals surface area contributed by atoms with E-state index in [4.69, 9.17) is 0 Å². The first-order valence-electron chi connectivity index (χ1n) is 7.66. The van der Waals surface area contributed by atoms with E-state index in [0.717, 1.165) is 0 Å². The lowest BCUT2D eigenvalue weighted by Crippen LogP contribution is -1.78. The van der Waals surface area contributed by atoms with Crippen LogP contribution in [0.15, 0.2) is 66.7 Å². The highest BCUT2D eigenvalue weighted by molar-refractivity contribution is 5.87. The van der Waals surface area contributed by atoms with E-state index in [1.165, 1.54) is 33.0 Å². The minimum Gasteiger partial charge on any atom is -0.0871 e. The van der Waals surface area contributed by atoms with E-state index in [1.54, 1.807) is 0 Å². The van der Waals surface area contributed by atoms with Crippen molar-refractivity contribution < 1.29 is 0 Å². The van der Waals surface area contributed by atoms with Crippen LogP contribution in [0, 0.1) is 6.92 Å². The van der Waals surface area contributed by atoms with Crippen LogP contribution in [-0.2, 0) is 0 Å². The third-order valence-electron chi connectivity index (χ3n) is 3.79. The Balaban J connectivity index is 1.88. The van der Waals surface area contributed by atoms with Crippen LogP contribution >= 0.6 is 0 Å². The molecule has 0 N–H and O–H groups in total. The molecule has 22 heavy (non-hydrogen) atoms. The molecule has 0 aliphatic carbocycles. The van der Waals surface area contributed by atoms with Gasteiger partial charge in [0.25, 0.3) is 0 Å². The van der Waals surface area contributed by atoms with Crippen LogP contribution in [-0.4, -0.2) is 0 Å². The van der Waals surface area contributed by atoms with E-state index in [9.17, 15) is 0 Å². The van der Waals surface area contributed by atoms with Crippen LogP contribution in [0.25, 0.3) is 29.0 Å². The lowest BCUT2D eigenvalue weighted by molar-refractivity contribution is 1.46. The SMILES string of the molecule is CC=Cc1ccc2cc(C=Cc3ccc(C)cc3)ccc2c1. The molecule has 0 aliphatic heterocycles. The summed E-state index contributed by atoms with van der Waals surface area (Å²) in [6, 6.07) is 21.8. The maximum Gasteiger partial charge on any atom is -0.0178 e. The minimum absolute atomic E-state index is 1.23. The van der Waals surface area contributed by atoms with Crippen LogP contribution < -0.4 is 0 Å². The average Bonchev–Trinajstić information content (AvgIpc) is 2.54. The van der Waals surface area contributed by atoms with Gasteiger partial charge in [-0.25, -0.2) is 0 Å². The van der Waals surface area contributed by atoms with Gasteiger partial charge in [-0.2, -0.15) is 0 Å². The predicted octanol–water partition coefficient (Wildman–Crippen LogP) is 6.35. The average molecular weight is 284 g/mol. The molecule has 0 saturated carbocycles. The molecule has 0 radical (unpaired) electrons. The van der Waals surface area contributed by atoms with Crippen LogP contribution in [0.1, 0.15) is 29.2 Å². The highest BCUT2D eigenvalue weighted by Crippen LogP contribution is 2.20. The van der Waals surface area contributed by atoms with Gasteiger partial charge in [-0.1, -0.05) is 78.4 Å². The molecule has 0 fully saturated rings. The van der Waals surface area contributed by atoms with Crippen LogP contribution in [0.4, 0.5) is 0 Å². The summed E-state index contributed by atoms with van der Waals surface area (Å²) in [6.07, 6.45) is 8.53. The molecule has 3 aromatic rings. The van der Waals surface area contributed by atoms with Gasteiger partial charge in [-0.3, -0.25) is 0 Å². The summed E-state index contributed by atoms with van der Waals surface area (Å²) >= 11 is 0. The summed E-state index contributed by atoms with van der Waals surface area (Å²) in [5, 5.41) is 2.56. The van der Waals surface area contributed by atoms with Crippen molar-refractivity contribution in [2.24, 2.45) is 0 Å². The fraction of sp³-hybridized carbons (Fsp3) is 0.0909. The topological polar surface area (TPSA) is 0 Å². The number of fused-ring (bicyclic) bond motifs is 1. The van der Waals surface area contributed by atoms with E-state index in [2.05, 4.69) is 91.9 Å². The van der Waals surface area contributed by atoms with Gasteiger partial charge >= 0.3 is 0 Å². The third kappa shape index (κ3) is 3.35. The van der Waals surface area contributed by atoms with Crippen molar-refractivity contribution in [1.82, 2.24) is 0 Å². The Morgan fingerprint density at radius 2 is 1.09 bits per heavy atom. The molecule has 0 spiro atoms. The fourth-order valence-electron chi connectivity index (χ4n) is 2.55. The number of hydrogen-bond donors (Lipinski definition) is 0. The summed E-state index contributed by atoms with van der Waals surface area (Å²) < 4.78 is 0. The Kier molecular flexibility index (Phi) is 4.20. The van der Waals surface area contributed by atoms with Gasteiger partial charge in [0.05, 0.1) is 0 Å². The lowest BCUT2D eigenvalue weighted by Gasteiger charge is -2.02. The molecule has 108 valence electrons. The maximum absolute atomic E-state index is 2.24. The zero-order valence-electron chi connectivity index (χ0n) is 13.1. The minimum atomic E-state index is 1.23. The quantitative estimate of drug-likeness (QED) is 0.491. The second kappa shape index (κ2) is 6.44. The molecule has 3 rings (SSSR count). The van der Waals surface area contributed by atoms with Crippen molar-refractivity contribution in [2.75, 3.05) is 0 Å². The summed E-state index contributed by atoms with van der Waals surface area (Å²) in [6.45, 7) is 4.15. The number of benzene rings is 3. The fourth-order valence-corrected chi connectivity index (χ4v) is 2.55. The van der Waals surface area contributed by atoms with E-state index >= 15 is 0 Å². The number of allylic oxidation sites excluding steroid dienone is 1. The standard InChI is InChI=1S/C22H20/c1-3-4-19-11-13-22-16-20(12-14-21(22)15-19)10-9-18-7-5-17(2)6-8-18/h3-16H,1-2H3. The van der Waals surface area contributed by atoms with E-state index < -0.39 is 0 Å². The lowest BCUT2D eigenvalue weighted by atomic mass is 10.0. The molecule has 0 aromatic heterocycles. The van der Waals surface area contributed by atoms with Gasteiger partial charge in [-0.05, 0) is 53.4 Å². The van der Waals surface area contributed by atoms with Crippen LogP contribution in [0.5, 0.6) is 0 Å². The van der Waals surface area contributed by atoms with Crippen LogP contribution in [0.2, 0.25) is 0 Å². The smallest absolute Gasteiger partial charge is 0.0178 e. The van der Waals surface area contributed by atoms with Gasteiger partial charge in [0.1, 0.15) is 0 Å². The first-order chi connectivity index (χ1) is 10.7. The van der Waals surface area contributed by atoms with E-state index in [0.29, 0.717) is 0 Å². The molecule has 0 saturated heterocycles. The molecule has 0 unspecified atom stereocenters. The first kappa shape index (κ1) is 14.3. The molecule has 0 amide bonds. The second-order valence-corrected chi connectivity index (χ2v) is 5.61. The zero-order valence-corrected chi connectivity index (χ0v) is 13.1. The number of hydrogen-bond acceptors (Lipinski definition) is 0. The summed E-state index contributed by atoms with van der Waals surface area (Å²) in [5.74, 6) is 0. The zero-order chi connectivity index (χ0) is 15.4. The van der Waals surface area contributed by atoms with E-state index in [1.807, 2.05) is 6.92 Å². The summed E-state index contributed by atoms with van der Waals surface area (Å²) in [7, 11) is 0. The summed E-state index contributed by atoms with van der Waals surface area (Å²) in [5.41, 5.74) is 5.00. The summed E-state index contributed by atoms with van der Waals surface area (Å²) in [4.78, 5) is 0. The van der Waals surface area contributed by atoms with E-state index in [-0.39, 0.29) is 0 Å². The molecule has 0 atom stereocenters. The van der Waals surface area contributed by atoms with Crippen molar-refractivity contribution in [1.29, 1.82) is 0 Å². The first-order valence-corrected chi connectivity index (χ1v) is 7.66. The van der Waals surface area contributed by atoms with Crippen molar-refractivity contribution >= 4 is 29.0 Å². The third-order valence-corrected chi connectivity index (χ3v) is 3.79. The van der Waals surface area contributed by atoms with Gasteiger partial charge in [-0.15, -0.1) is 0 Å². The number of aryl methyl sites for hydroxylation is 1. The predicted molar refractivity (Wildman–Crippen MR) is 98.8 cm³/mol. The molecular weight excluding hydrogens is 264 g/mol. The molecule has 0 nitrogen and oxygen atoms in total. The highest BCUT2D eigenvalue weighted by Gasteiger charge is 1.96. The Hall–Kier alpha value is -2.60. The number of rotatable bonds is 3. The van der Waals surface area contributed by atoms with Gasteiger partial charge < -0.3 is 0 Å². The van der Waals surface area contributed by atoms with Crippen molar-refractivity contribution in [2.45, 2.75) is 13.8 Å². The van der Waals surface area contributed by atoms with Crippen molar-refractivity contribution in [3.8, 4) is 0 Å². The molecule has 3 aromatic carbocycles. The van der Waals surface area contributed by atoms with Crippen molar-refractivity contribution in [3.63, 3.8) is 0 Å².